The van der Waals surface area contributed by atoms with Gasteiger partial charge in [-0.25, -0.2) is 4.68 Å². The Morgan fingerprint density at radius 1 is 1.04 bits per heavy atom. The van der Waals surface area contributed by atoms with Gasteiger partial charge in [0, 0.05) is 18.8 Å². The number of nitrogens with zero attached hydrogens (tertiary/aromatic N) is 2. The molecule has 0 fully saturated rings. The lowest BCUT2D eigenvalue weighted by Gasteiger charge is -2.20. The van der Waals surface area contributed by atoms with Gasteiger partial charge in [-0.05, 0) is 49.8 Å². The molecule has 4 heteroatoms. The fourth-order valence-corrected chi connectivity index (χ4v) is 2.94. The van der Waals surface area contributed by atoms with Crippen LogP contribution in [-0.4, -0.2) is 22.9 Å². The van der Waals surface area contributed by atoms with Gasteiger partial charge in [-0.3, -0.25) is 9.89 Å². The molecular formula is C21H23N3O. The van der Waals surface area contributed by atoms with E-state index >= 15 is 0 Å². The predicted octanol–water partition coefficient (Wildman–Crippen LogP) is 2.25. The number of aromatic amines is 1. The largest absolute Gasteiger partial charge is 0.372 e. The molecule has 1 N–H and O–H groups in total. The number of anilines is 1. The van der Waals surface area contributed by atoms with E-state index in [2.05, 4.69) is 42.6 Å². The van der Waals surface area contributed by atoms with Crippen molar-refractivity contribution in [1.82, 2.24) is 9.78 Å². The topological polar surface area (TPSA) is 41.0 Å². The van der Waals surface area contributed by atoms with Crippen molar-refractivity contribution in [3.05, 3.63) is 81.1 Å². The highest BCUT2D eigenvalue weighted by molar-refractivity contribution is 5.56. The zero-order chi connectivity index (χ0) is 17.8. The first-order chi connectivity index (χ1) is 12.1. The minimum atomic E-state index is -0.0935. The van der Waals surface area contributed by atoms with Crippen LogP contribution in [0.15, 0.2) is 59.4 Å². The van der Waals surface area contributed by atoms with Crippen LogP contribution >= 0.6 is 0 Å². The smallest absolute Gasteiger partial charge is 0.279 e. The summed E-state index contributed by atoms with van der Waals surface area (Å²) < 4.78 is 1.53. The summed E-state index contributed by atoms with van der Waals surface area (Å²) in [7, 11) is 0. The molecule has 1 aromatic heterocycles. The fourth-order valence-electron chi connectivity index (χ4n) is 2.94. The van der Waals surface area contributed by atoms with Gasteiger partial charge in [-0.2, -0.15) is 0 Å². The number of nitrogens with one attached hydrogen (secondary N) is 1. The van der Waals surface area contributed by atoms with Crippen LogP contribution in [0.5, 0.6) is 0 Å². The lowest BCUT2D eigenvalue weighted by atomic mass is 10.1. The van der Waals surface area contributed by atoms with Crippen LogP contribution in [0.4, 0.5) is 5.69 Å². The van der Waals surface area contributed by atoms with Gasteiger partial charge >= 0.3 is 0 Å². The van der Waals surface area contributed by atoms with Crippen molar-refractivity contribution >= 4 is 18.3 Å². The molecule has 0 spiro atoms. The van der Waals surface area contributed by atoms with Crippen LogP contribution in [0.1, 0.15) is 19.4 Å². The van der Waals surface area contributed by atoms with E-state index in [0.717, 1.165) is 24.3 Å². The van der Waals surface area contributed by atoms with E-state index in [-0.39, 0.29) is 5.56 Å². The van der Waals surface area contributed by atoms with Gasteiger partial charge < -0.3 is 4.90 Å². The lowest BCUT2D eigenvalue weighted by molar-refractivity contribution is 0.838. The number of hydrogen-bond donors (Lipinski definition) is 1. The summed E-state index contributed by atoms with van der Waals surface area (Å²) in [5.41, 5.74) is 2.88. The summed E-state index contributed by atoms with van der Waals surface area (Å²) in [6.07, 6.45) is 1.88. The van der Waals surface area contributed by atoms with E-state index in [1.54, 1.807) is 0 Å². The SMILES string of the molecule is C=c1[nH]n(-c2ccccc2)c(=O)c1=Cc1ccc(N(CC)CC)cc1. The molecule has 0 aliphatic carbocycles. The molecule has 0 saturated heterocycles. The van der Waals surface area contributed by atoms with E-state index < -0.39 is 0 Å². The molecule has 3 rings (SSSR count). The lowest BCUT2D eigenvalue weighted by Crippen LogP contribution is -2.33. The van der Waals surface area contributed by atoms with E-state index in [0.29, 0.717) is 10.6 Å². The van der Waals surface area contributed by atoms with Gasteiger partial charge in [0.15, 0.2) is 0 Å². The van der Waals surface area contributed by atoms with Gasteiger partial charge in [0.1, 0.15) is 0 Å². The van der Waals surface area contributed by atoms with Gasteiger partial charge in [0.2, 0.25) is 0 Å². The Morgan fingerprint density at radius 3 is 2.28 bits per heavy atom. The number of rotatable bonds is 5. The molecule has 0 aliphatic heterocycles. The molecule has 1 heterocycles. The number of H-pyrrole nitrogens is 1. The first-order valence-corrected chi connectivity index (χ1v) is 8.56. The van der Waals surface area contributed by atoms with Crippen LogP contribution in [0.3, 0.4) is 0 Å². The highest BCUT2D eigenvalue weighted by Gasteiger charge is 2.05. The molecule has 0 amide bonds. The van der Waals surface area contributed by atoms with Crippen molar-refractivity contribution in [3.63, 3.8) is 0 Å². The summed E-state index contributed by atoms with van der Waals surface area (Å²) in [6, 6.07) is 17.8. The summed E-state index contributed by atoms with van der Waals surface area (Å²) in [6.45, 7) is 10.2. The van der Waals surface area contributed by atoms with Gasteiger partial charge in [-0.15, -0.1) is 0 Å². The number of hydrogen-bond acceptors (Lipinski definition) is 2. The molecule has 2 aromatic carbocycles. The number of para-hydroxylation sites is 1. The summed E-state index contributed by atoms with van der Waals surface area (Å²) >= 11 is 0. The van der Waals surface area contributed by atoms with Crippen LogP contribution in [0, 0.1) is 0 Å². The summed E-state index contributed by atoms with van der Waals surface area (Å²) in [5, 5.41) is 4.25. The van der Waals surface area contributed by atoms with Crippen molar-refractivity contribution in [2.45, 2.75) is 13.8 Å². The Balaban J connectivity index is 2.01. The minimum Gasteiger partial charge on any atom is -0.372 e. The third-order valence-electron chi connectivity index (χ3n) is 4.35. The molecule has 3 aromatic rings. The van der Waals surface area contributed by atoms with Crippen molar-refractivity contribution in [2.75, 3.05) is 18.0 Å². The number of benzene rings is 2. The summed E-state index contributed by atoms with van der Waals surface area (Å²) in [4.78, 5) is 15.0. The van der Waals surface area contributed by atoms with Gasteiger partial charge in [-0.1, -0.05) is 36.9 Å². The van der Waals surface area contributed by atoms with E-state index in [1.807, 2.05) is 48.5 Å². The molecule has 4 nitrogen and oxygen atoms in total. The molecule has 128 valence electrons. The molecule has 0 bridgehead atoms. The monoisotopic (exact) mass is 333 g/mol. The second-order valence-electron chi connectivity index (χ2n) is 5.89. The Labute approximate surface area is 147 Å². The van der Waals surface area contributed by atoms with Crippen molar-refractivity contribution < 1.29 is 0 Å². The summed E-state index contributed by atoms with van der Waals surface area (Å²) in [5.74, 6) is 0. The Hall–Kier alpha value is -3.01. The standard InChI is InChI=1S/C21H23N3O/c1-4-23(5-2)18-13-11-17(12-14-18)15-20-16(3)22-24(21(20)25)19-9-7-6-8-10-19/h6-15,22H,3-5H2,1-2H3. The zero-order valence-electron chi connectivity index (χ0n) is 14.7. The zero-order valence-corrected chi connectivity index (χ0v) is 14.7. The molecule has 0 saturated carbocycles. The maximum atomic E-state index is 12.7. The van der Waals surface area contributed by atoms with Gasteiger partial charge in [0.25, 0.3) is 5.56 Å². The van der Waals surface area contributed by atoms with Crippen molar-refractivity contribution in [1.29, 1.82) is 0 Å². The average Bonchev–Trinajstić information content (AvgIpc) is 2.93. The molecule has 0 unspecified atom stereocenters. The Kier molecular flexibility index (Phi) is 4.89. The third-order valence-corrected chi connectivity index (χ3v) is 4.35. The Morgan fingerprint density at radius 2 is 1.68 bits per heavy atom. The Bertz CT molecular complexity index is 994. The van der Waals surface area contributed by atoms with Crippen LogP contribution in [-0.2, 0) is 0 Å². The molecule has 0 atom stereocenters. The molecule has 0 aliphatic rings. The van der Waals surface area contributed by atoms with Crippen LogP contribution in [0.2, 0.25) is 0 Å². The highest BCUT2D eigenvalue weighted by Crippen LogP contribution is 2.15. The minimum absolute atomic E-state index is 0.0935. The predicted molar refractivity (Wildman–Crippen MR) is 105 cm³/mol. The first kappa shape index (κ1) is 16.8. The molecule has 25 heavy (non-hydrogen) atoms. The third kappa shape index (κ3) is 3.43. The first-order valence-electron chi connectivity index (χ1n) is 8.56. The molecule has 0 radical (unpaired) electrons. The van der Waals surface area contributed by atoms with E-state index in [1.165, 1.54) is 10.4 Å². The fraction of sp³-hybridized carbons (Fsp3) is 0.190. The normalized spacial score (nSPS) is 11.7. The van der Waals surface area contributed by atoms with E-state index in [4.69, 9.17) is 0 Å². The van der Waals surface area contributed by atoms with E-state index in [9.17, 15) is 4.79 Å². The van der Waals surface area contributed by atoms with Crippen LogP contribution < -0.4 is 21.0 Å². The van der Waals surface area contributed by atoms with Gasteiger partial charge in [0.05, 0.1) is 16.3 Å². The van der Waals surface area contributed by atoms with Crippen molar-refractivity contribution in [2.24, 2.45) is 0 Å². The highest BCUT2D eigenvalue weighted by atomic mass is 16.1. The maximum absolute atomic E-state index is 12.7. The van der Waals surface area contributed by atoms with Crippen LogP contribution in [0.25, 0.3) is 18.3 Å². The van der Waals surface area contributed by atoms with Crippen molar-refractivity contribution in [3.8, 4) is 5.69 Å². The quantitative estimate of drug-likeness (QED) is 0.778. The average molecular weight is 333 g/mol. The maximum Gasteiger partial charge on any atom is 0.279 e. The second kappa shape index (κ2) is 7.26. The molecular weight excluding hydrogens is 310 g/mol. The second-order valence-corrected chi connectivity index (χ2v) is 5.89. The number of aromatic nitrogens is 2.